The fourth-order valence-electron chi connectivity index (χ4n) is 4.21. The molecule has 11 heteroatoms. The number of benzene rings is 1. The number of hydrogen-bond acceptors (Lipinski definition) is 7. The largest absolute Gasteiger partial charge is 0.391 e. The molecule has 2 aliphatic rings. The molecule has 0 bridgehead atoms. The molecule has 2 aliphatic heterocycles. The van der Waals surface area contributed by atoms with Gasteiger partial charge in [0.2, 0.25) is 11.9 Å². The van der Waals surface area contributed by atoms with E-state index in [1.807, 2.05) is 18.4 Å². The average molecular weight is 491 g/mol. The van der Waals surface area contributed by atoms with E-state index >= 15 is 0 Å². The third kappa shape index (κ3) is 5.13. The van der Waals surface area contributed by atoms with E-state index in [9.17, 15) is 9.18 Å². The Morgan fingerprint density at radius 3 is 2.71 bits per heavy atom. The maximum Gasteiger partial charge on any atom is 0.220 e. The van der Waals surface area contributed by atoms with Crippen molar-refractivity contribution in [2.24, 2.45) is 0 Å². The first-order chi connectivity index (χ1) is 16.2. The monoisotopic (exact) mass is 490 g/mol. The number of carbonyl (C=O) groups excluding carboxylic acids is 1. The van der Waals surface area contributed by atoms with Crippen LogP contribution >= 0.6 is 11.6 Å². The number of aromatic nitrogens is 4. The molecule has 4 N–H and O–H groups in total. The molecule has 2 atom stereocenters. The van der Waals surface area contributed by atoms with E-state index in [-0.39, 0.29) is 40.6 Å². The van der Waals surface area contributed by atoms with Crippen LogP contribution in [0.4, 0.5) is 10.3 Å². The second-order valence-corrected chi connectivity index (χ2v) is 9.12. The number of ether oxygens (including phenoxy) is 1. The summed E-state index contributed by atoms with van der Waals surface area (Å²) < 4.78 is 21.8. The number of aliphatic hydroxyl groups is 1. The lowest BCUT2D eigenvalue weighted by Crippen LogP contribution is -2.22. The number of amides is 1. The standard InChI is InChI=1S/C18H18ClFN6O.C5H10O2/c1-8(2)26-13-6-9(15-10(19)7-22-18(21)25-15)5-11(20)16(13)24-17(26)12-3-4-14(27)23-12;6-5-2-1-3-7-4-5/h5-8,12H,3-4H2,1-2H3,(H,23,27)(H2,21,22,25);5-6H,1-4H2. The Kier molecular flexibility index (Phi) is 7.30. The highest BCUT2D eigenvalue weighted by molar-refractivity contribution is 6.33. The predicted molar refractivity (Wildman–Crippen MR) is 127 cm³/mol. The normalized spacial score (nSPS) is 20.4. The van der Waals surface area contributed by atoms with Crippen molar-refractivity contribution in [3.63, 3.8) is 0 Å². The van der Waals surface area contributed by atoms with E-state index in [0.717, 1.165) is 19.4 Å². The molecule has 3 aromatic rings. The van der Waals surface area contributed by atoms with Gasteiger partial charge in [-0.1, -0.05) is 11.6 Å². The maximum atomic E-state index is 14.9. The van der Waals surface area contributed by atoms with Gasteiger partial charge in [-0.15, -0.1) is 0 Å². The van der Waals surface area contributed by atoms with Gasteiger partial charge in [0.05, 0.1) is 41.2 Å². The highest BCUT2D eigenvalue weighted by atomic mass is 35.5. The van der Waals surface area contributed by atoms with Crippen molar-refractivity contribution in [2.75, 3.05) is 18.9 Å². The van der Waals surface area contributed by atoms with Crippen molar-refractivity contribution in [1.29, 1.82) is 0 Å². The van der Waals surface area contributed by atoms with E-state index in [0.29, 0.717) is 42.0 Å². The quantitative estimate of drug-likeness (QED) is 0.512. The molecule has 0 saturated carbocycles. The van der Waals surface area contributed by atoms with Crippen molar-refractivity contribution < 1.29 is 19.0 Å². The minimum Gasteiger partial charge on any atom is -0.391 e. The molecule has 2 aromatic heterocycles. The molecule has 2 unspecified atom stereocenters. The third-order valence-corrected chi connectivity index (χ3v) is 6.05. The van der Waals surface area contributed by atoms with Crippen LogP contribution in [0.2, 0.25) is 5.02 Å². The zero-order chi connectivity index (χ0) is 24.4. The van der Waals surface area contributed by atoms with Gasteiger partial charge in [-0.25, -0.2) is 19.3 Å². The number of anilines is 1. The fraction of sp³-hybridized carbons (Fsp3) is 0.478. The summed E-state index contributed by atoms with van der Waals surface area (Å²) in [5.41, 5.74) is 7.38. The summed E-state index contributed by atoms with van der Waals surface area (Å²) in [6.07, 6.45) is 4.21. The van der Waals surface area contributed by atoms with Crippen molar-refractivity contribution in [2.45, 2.75) is 57.7 Å². The van der Waals surface area contributed by atoms with E-state index in [1.165, 1.54) is 12.3 Å². The number of nitrogens with two attached hydrogens (primary N) is 1. The minimum atomic E-state index is -0.485. The number of fused-ring (bicyclic) bond motifs is 1. The van der Waals surface area contributed by atoms with Crippen LogP contribution in [0.5, 0.6) is 0 Å². The Morgan fingerprint density at radius 1 is 1.32 bits per heavy atom. The zero-order valence-electron chi connectivity index (χ0n) is 19.1. The van der Waals surface area contributed by atoms with E-state index in [4.69, 9.17) is 27.2 Å². The summed E-state index contributed by atoms with van der Waals surface area (Å²) in [4.78, 5) is 24.1. The third-order valence-electron chi connectivity index (χ3n) is 5.77. The first kappa shape index (κ1) is 24.3. The van der Waals surface area contributed by atoms with Crippen LogP contribution in [0.25, 0.3) is 22.3 Å². The van der Waals surface area contributed by atoms with Crippen LogP contribution in [-0.4, -0.2) is 49.9 Å². The lowest BCUT2D eigenvalue weighted by Gasteiger charge is -2.17. The number of aliphatic hydroxyl groups excluding tert-OH is 1. The second kappa shape index (κ2) is 10.2. The number of nitrogen functional groups attached to an aromatic ring is 1. The van der Waals surface area contributed by atoms with E-state index in [1.54, 1.807) is 6.07 Å². The summed E-state index contributed by atoms with van der Waals surface area (Å²) in [7, 11) is 0. The molecule has 4 heterocycles. The van der Waals surface area contributed by atoms with Gasteiger partial charge in [0, 0.05) is 24.6 Å². The fourth-order valence-corrected chi connectivity index (χ4v) is 4.41. The molecule has 5 rings (SSSR count). The van der Waals surface area contributed by atoms with Crippen LogP contribution in [0, 0.1) is 5.82 Å². The molecular weight excluding hydrogens is 463 g/mol. The number of nitrogens with zero attached hydrogens (tertiary/aromatic N) is 4. The first-order valence-corrected chi connectivity index (χ1v) is 11.7. The Labute approximate surface area is 201 Å². The van der Waals surface area contributed by atoms with Crippen molar-refractivity contribution in [3.8, 4) is 11.3 Å². The number of nitrogens with one attached hydrogen (secondary N) is 1. The number of hydrogen-bond donors (Lipinski definition) is 3. The summed E-state index contributed by atoms with van der Waals surface area (Å²) in [5, 5.41) is 12.0. The van der Waals surface area contributed by atoms with E-state index < -0.39 is 5.82 Å². The van der Waals surface area contributed by atoms with Gasteiger partial charge in [-0.2, -0.15) is 0 Å². The summed E-state index contributed by atoms with van der Waals surface area (Å²) >= 11 is 6.19. The highest BCUT2D eigenvalue weighted by Crippen LogP contribution is 2.34. The van der Waals surface area contributed by atoms with Gasteiger partial charge in [-0.05, 0) is 45.2 Å². The van der Waals surface area contributed by atoms with Gasteiger partial charge in [0.25, 0.3) is 0 Å². The molecule has 0 spiro atoms. The molecule has 34 heavy (non-hydrogen) atoms. The summed E-state index contributed by atoms with van der Waals surface area (Å²) in [5.74, 6) is 0.198. The van der Waals surface area contributed by atoms with Crippen LogP contribution in [0.1, 0.15) is 57.4 Å². The Morgan fingerprint density at radius 2 is 2.12 bits per heavy atom. The Bertz CT molecular complexity index is 1200. The van der Waals surface area contributed by atoms with Crippen LogP contribution in [0.3, 0.4) is 0 Å². The summed E-state index contributed by atoms with van der Waals surface area (Å²) in [6, 6.07) is 2.92. The lowest BCUT2D eigenvalue weighted by molar-refractivity contribution is -0.119. The van der Waals surface area contributed by atoms with E-state index in [2.05, 4.69) is 20.3 Å². The molecular formula is C23H28ClFN6O3. The molecule has 182 valence electrons. The zero-order valence-corrected chi connectivity index (χ0v) is 19.8. The van der Waals surface area contributed by atoms with Crippen LogP contribution in [-0.2, 0) is 9.53 Å². The highest BCUT2D eigenvalue weighted by Gasteiger charge is 2.29. The topological polar surface area (TPSA) is 128 Å². The first-order valence-electron chi connectivity index (χ1n) is 11.3. The molecule has 0 aliphatic carbocycles. The molecule has 2 saturated heterocycles. The minimum absolute atomic E-state index is 0.0168. The van der Waals surface area contributed by atoms with Crippen molar-refractivity contribution >= 4 is 34.5 Å². The number of carbonyl (C=O) groups is 1. The maximum absolute atomic E-state index is 14.9. The summed E-state index contributed by atoms with van der Waals surface area (Å²) in [6.45, 7) is 5.35. The molecule has 9 nitrogen and oxygen atoms in total. The Balaban J connectivity index is 0.000000336. The van der Waals surface area contributed by atoms with Gasteiger partial charge < -0.3 is 25.5 Å². The number of rotatable bonds is 3. The SMILES string of the molecule is CC(C)n1c(C2CCC(=O)N2)nc2c(F)cc(-c3nc(N)ncc3Cl)cc21.OC1CCCOC1. The van der Waals surface area contributed by atoms with Gasteiger partial charge in [0.15, 0.2) is 5.82 Å². The number of imidazole rings is 1. The molecule has 1 amide bonds. The lowest BCUT2D eigenvalue weighted by atomic mass is 10.1. The van der Waals surface area contributed by atoms with Gasteiger partial charge >= 0.3 is 0 Å². The van der Waals surface area contributed by atoms with Crippen molar-refractivity contribution in [3.05, 3.63) is 35.0 Å². The Hall–Kier alpha value is -2.82. The van der Waals surface area contributed by atoms with Crippen LogP contribution < -0.4 is 11.1 Å². The molecule has 0 radical (unpaired) electrons. The second-order valence-electron chi connectivity index (χ2n) is 8.71. The predicted octanol–water partition coefficient (Wildman–Crippen LogP) is 3.56. The number of halogens is 2. The average Bonchev–Trinajstić information content (AvgIpc) is 3.40. The molecule has 1 aromatic carbocycles. The van der Waals surface area contributed by atoms with Crippen LogP contribution in [0.15, 0.2) is 18.3 Å². The van der Waals surface area contributed by atoms with Crippen molar-refractivity contribution in [1.82, 2.24) is 24.8 Å². The van der Waals surface area contributed by atoms with Gasteiger partial charge in [0.1, 0.15) is 11.3 Å². The van der Waals surface area contributed by atoms with Gasteiger partial charge in [-0.3, -0.25) is 4.79 Å². The molecule has 2 fully saturated rings. The smallest absolute Gasteiger partial charge is 0.220 e.